The molecule has 0 aliphatic carbocycles. The summed E-state index contributed by atoms with van der Waals surface area (Å²) in [5.74, 6) is 0.312. The Kier molecular flexibility index (Phi) is 6.76. The molecule has 1 atom stereocenters. The number of ether oxygens (including phenoxy) is 1. The zero-order valence-electron chi connectivity index (χ0n) is 18.3. The Hall–Kier alpha value is -2.85. The Morgan fingerprint density at radius 2 is 1.94 bits per heavy atom. The summed E-state index contributed by atoms with van der Waals surface area (Å²) in [6, 6.07) is 9.33. The first-order valence-electron chi connectivity index (χ1n) is 10.8. The average Bonchev–Trinajstić information content (AvgIpc) is 2.75. The van der Waals surface area contributed by atoms with Crippen LogP contribution in [0.4, 0.5) is 19.0 Å². The van der Waals surface area contributed by atoms with Gasteiger partial charge >= 0.3 is 6.18 Å². The van der Waals surface area contributed by atoms with E-state index in [1.807, 2.05) is 11.9 Å². The molecule has 0 amide bonds. The van der Waals surface area contributed by atoms with E-state index in [-0.39, 0.29) is 17.7 Å². The standard InChI is InChI=1S/C23H27F3N4O3/c1-29-8-2-3-17(11-29)27-22(32)16-9-20(28-21(10-16)30-12-18(31)13-30)15-4-6-19(7-5-15)33-14-23(24,25)26/h4-7,9-10,17-18,31H,2-3,8,11-14H2,1H3,(H,27,32)/p-1. The number of hydrogen-bond donors (Lipinski definition) is 1. The average molecular weight is 463 g/mol. The number of likely N-dealkylation sites (N-methyl/N-ethyl adjacent to an activating group) is 1. The van der Waals surface area contributed by atoms with E-state index in [9.17, 15) is 23.4 Å². The van der Waals surface area contributed by atoms with Crippen LogP contribution in [0.15, 0.2) is 41.4 Å². The number of benzene rings is 1. The summed E-state index contributed by atoms with van der Waals surface area (Å²) < 4.78 is 41.9. The topological polar surface area (TPSA) is 84.2 Å². The van der Waals surface area contributed by atoms with Crippen LogP contribution in [0.5, 0.6) is 5.75 Å². The molecule has 3 heterocycles. The normalized spacial score (nSPS) is 20.6. The van der Waals surface area contributed by atoms with Crippen LogP contribution in [0.3, 0.4) is 0 Å². The first-order chi connectivity index (χ1) is 15.7. The minimum absolute atomic E-state index is 0.0628. The van der Waals surface area contributed by atoms with E-state index < -0.39 is 18.9 Å². The third-order valence-corrected chi connectivity index (χ3v) is 5.70. The van der Waals surface area contributed by atoms with Gasteiger partial charge in [0, 0.05) is 25.2 Å². The maximum absolute atomic E-state index is 13.0. The van der Waals surface area contributed by atoms with Crippen LogP contribution in [-0.4, -0.2) is 79.0 Å². The van der Waals surface area contributed by atoms with E-state index in [4.69, 9.17) is 4.74 Å². The molecular weight excluding hydrogens is 437 g/mol. The molecule has 1 unspecified atom stereocenters. The minimum Gasteiger partial charge on any atom is -0.858 e. The van der Waals surface area contributed by atoms with Crippen molar-refractivity contribution in [3.8, 4) is 17.0 Å². The molecule has 7 nitrogen and oxygen atoms in total. The van der Waals surface area contributed by atoms with Gasteiger partial charge in [-0.1, -0.05) is 0 Å². The molecule has 1 N–H and O–H groups in total. The molecule has 0 radical (unpaired) electrons. The van der Waals surface area contributed by atoms with E-state index in [2.05, 4.69) is 14.9 Å². The van der Waals surface area contributed by atoms with Crippen molar-refractivity contribution >= 4 is 11.7 Å². The van der Waals surface area contributed by atoms with Gasteiger partial charge in [0.1, 0.15) is 11.6 Å². The van der Waals surface area contributed by atoms with E-state index in [0.29, 0.717) is 35.7 Å². The number of aliphatic imine (C=N–C) groups is 1. The number of piperidine rings is 1. The van der Waals surface area contributed by atoms with Gasteiger partial charge in [-0.2, -0.15) is 13.2 Å². The molecule has 178 valence electrons. The molecule has 2 saturated heterocycles. The molecule has 1 aromatic heterocycles. The zero-order chi connectivity index (χ0) is 23.6. The number of rotatable bonds is 6. The summed E-state index contributed by atoms with van der Waals surface area (Å²) in [4.78, 5) is 13.0. The van der Waals surface area contributed by atoms with Crippen LogP contribution in [0, 0.1) is 0 Å². The van der Waals surface area contributed by atoms with Gasteiger partial charge in [-0.25, -0.2) is 4.98 Å². The number of nitrogens with zero attached hydrogens (tertiary/aromatic N) is 4. The maximum Gasteiger partial charge on any atom is 0.422 e. The molecule has 10 heteroatoms. The Balaban J connectivity index is 1.60. The first-order valence-corrected chi connectivity index (χ1v) is 10.8. The van der Waals surface area contributed by atoms with Crippen molar-refractivity contribution in [3.63, 3.8) is 0 Å². The number of aliphatic hydroxyl groups is 1. The number of β-amino-alcohol motifs (C(OH)–C–C–N with tert-alkyl or cyclic N) is 1. The number of hydrogen-bond acceptors (Lipinski definition) is 7. The first kappa shape index (κ1) is 23.3. The predicted molar refractivity (Wildman–Crippen MR) is 116 cm³/mol. The second-order valence-electron chi connectivity index (χ2n) is 8.58. The van der Waals surface area contributed by atoms with Gasteiger partial charge in [-0.15, -0.1) is 0 Å². The highest BCUT2D eigenvalue weighted by Crippen LogP contribution is 2.28. The van der Waals surface area contributed by atoms with Crippen molar-refractivity contribution in [3.05, 3.63) is 42.0 Å². The summed E-state index contributed by atoms with van der Waals surface area (Å²) in [7, 11) is 2.01. The predicted octanol–water partition coefficient (Wildman–Crippen LogP) is 2.07. The fraction of sp³-hybridized carbons (Fsp3) is 0.478. The lowest BCUT2D eigenvalue weighted by atomic mass is 10.1. The lowest BCUT2D eigenvalue weighted by Gasteiger charge is -2.37. The number of halogens is 3. The van der Waals surface area contributed by atoms with Crippen molar-refractivity contribution in [2.45, 2.75) is 31.2 Å². The number of anilines is 1. The molecule has 2 fully saturated rings. The van der Waals surface area contributed by atoms with Crippen LogP contribution in [0.1, 0.15) is 18.4 Å². The second-order valence-corrected chi connectivity index (χ2v) is 8.58. The molecule has 0 saturated carbocycles. The number of alkyl halides is 3. The van der Waals surface area contributed by atoms with Gasteiger partial charge in [0.2, 0.25) is 0 Å². The summed E-state index contributed by atoms with van der Waals surface area (Å²) in [6.45, 7) is 1.18. The van der Waals surface area contributed by atoms with Crippen LogP contribution < -0.4 is 14.7 Å². The van der Waals surface area contributed by atoms with Crippen molar-refractivity contribution < 1.29 is 28.1 Å². The highest BCUT2D eigenvalue weighted by atomic mass is 19.4. The highest BCUT2D eigenvalue weighted by molar-refractivity contribution is 5.93. The lowest BCUT2D eigenvalue weighted by Crippen LogP contribution is -2.51. The molecule has 2 aromatic rings. The fourth-order valence-electron chi connectivity index (χ4n) is 3.96. The van der Waals surface area contributed by atoms with E-state index in [1.54, 1.807) is 24.3 Å². The molecule has 2 aliphatic rings. The Morgan fingerprint density at radius 1 is 1.21 bits per heavy atom. The molecule has 0 spiro atoms. The Labute approximate surface area is 190 Å². The van der Waals surface area contributed by atoms with E-state index in [0.717, 1.165) is 25.9 Å². The van der Waals surface area contributed by atoms with Gasteiger partial charge < -0.3 is 24.7 Å². The van der Waals surface area contributed by atoms with Crippen LogP contribution in [-0.2, 0) is 0 Å². The minimum atomic E-state index is -4.41. The summed E-state index contributed by atoms with van der Waals surface area (Å²) in [6.07, 6.45) is -3.01. The largest absolute Gasteiger partial charge is 0.858 e. The molecular formula is C23H26F3N4O3-. The summed E-state index contributed by atoms with van der Waals surface area (Å²) in [5, 5.41) is 22.6. The molecule has 4 rings (SSSR count). The van der Waals surface area contributed by atoms with Gasteiger partial charge in [0.15, 0.2) is 6.61 Å². The SMILES string of the molecule is CN1CCCC(N=C([O-])c2cc(-c3ccc(OCC(F)(F)F)cc3)nc(N3CC(O)C3)c2)C1. The van der Waals surface area contributed by atoms with Crippen molar-refractivity contribution in [2.24, 2.45) is 4.99 Å². The summed E-state index contributed by atoms with van der Waals surface area (Å²) >= 11 is 0. The van der Waals surface area contributed by atoms with Gasteiger partial charge in [0.05, 0.1) is 17.8 Å². The Morgan fingerprint density at radius 3 is 2.58 bits per heavy atom. The monoisotopic (exact) mass is 463 g/mol. The van der Waals surface area contributed by atoms with Crippen molar-refractivity contribution in [2.75, 3.05) is 44.7 Å². The zero-order valence-corrected chi connectivity index (χ0v) is 18.3. The van der Waals surface area contributed by atoms with Gasteiger partial charge in [0.25, 0.3) is 0 Å². The third kappa shape index (κ3) is 6.14. The summed E-state index contributed by atoms with van der Waals surface area (Å²) in [5.41, 5.74) is 1.52. The number of aromatic nitrogens is 1. The number of likely N-dealkylation sites (tertiary alicyclic amines) is 1. The van der Waals surface area contributed by atoms with Crippen molar-refractivity contribution in [1.82, 2.24) is 9.88 Å². The molecule has 0 bridgehead atoms. The number of aliphatic hydroxyl groups excluding tert-OH is 1. The van der Waals surface area contributed by atoms with Crippen LogP contribution >= 0.6 is 0 Å². The van der Waals surface area contributed by atoms with Gasteiger partial charge in [-0.05, 0) is 74.3 Å². The molecule has 1 aromatic carbocycles. The third-order valence-electron chi connectivity index (χ3n) is 5.70. The quantitative estimate of drug-likeness (QED) is 0.522. The number of pyridine rings is 1. The van der Waals surface area contributed by atoms with E-state index in [1.165, 1.54) is 12.1 Å². The van der Waals surface area contributed by atoms with Gasteiger partial charge in [-0.3, -0.25) is 4.99 Å². The molecule has 33 heavy (non-hydrogen) atoms. The van der Waals surface area contributed by atoms with Crippen LogP contribution in [0.25, 0.3) is 11.3 Å². The smallest absolute Gasteiger partial charge is 0.422 e. The molecule has 2 aliphatic heterocycles. The van der Waals surface area contributed by atoms with E-state index >= 15 is 0 Å². The second kappa shape index (κ2) is 9.56. The Bertz CT molecular complexity index is 991. The maximum atomic E-state index is 13.0. The lowest BCUT2D eigenvalue weighted by molar-refractivity contribution is -0.213. The van der Waals surface area contributed by atoms with Crippen LogP contribution in [0.2, 0.25) is 0 Å². The highest BCUT2D eigenvalue weighted by Gasteiger charge is 2.28. The fourth-order valence-corrected chi connectivity index (χ4v) is 3.96. The van der Waals surface area contributed by atoms with Crippen molar-refractivity contribution in [1.29, 1.82) is 0 Å².